The molecule has 182 valence electrons. The minimum Gasteiger partial charge on any atom is -0.468 e. The molecule has 7 nitrogen and oxygen atoms in total. The fraction of sp³-hybridized carbons (Fsp3) is 0.250. The van der Waals surface area contributed by atoms with Crippen LogP contribution in [0.15, 0.2) is 91.0 Å². The average Bonchev–Trinajstić information content (AvgIpc) is 2.93. The second-order valence-corrected chi connectivity index (χ2v) is 7.90. The normalized spacial score (nSPS) is 12.0. The summed E-state index contributed by atoms with van der Waals surface area (Å²) in [5.74, 6) is -3.54. The number of esters is 3. The Bertz CT molecular complexity index is 1010. The summed E-state index contributed by atoms with van der Waals surface area (Å²) in [7, 11) is 3.62. The molecule has 0 fully saturated rings. The highest BCUT2D eigenvalue weighted by Gasteiger charge is 2.43. The standard InChI is InChI=1S/C28H29NO6/c1-33-25(30)23(26(31)34-2)19-24(27(32)35-3)29-28(20-13-7-4-8-14-20,21-15-9-5-10-16-21)22-17-11-6-12-18-22/h4-18,23-24,29H,19H2,1-3H3/t24-/m0/s1. The topological polar surface area (TPSA) is 90.9 Å². The quantitative estimate of drug-likeness (QED) is 0.208. The molecule has 0 bridgehead atoms. The summed E-state index contributed by atoms with van der Waals surface area (Å²) in [5.41, 5.74) is 1.57. The molecule has 0 heterocycles. The molecule has 3 aromatic rings. The van der Waals surface area contributed by atoms with Crippen LogP contribution < -0.4 is 5.32 Å². The van der Waals surface area contributed by atoms with Crippen LogP contribution >= 0.6 is 0 Å². The van der Waals surface area contributed by atoms with Crippen molar-refractivity contribution in [3.05, 3.63) is 108 Å². The lowest BCUT2D eigenvalue weighted by molar-refractivity contribution is -0.160. The Hall–Kier alpha value is -3.97. The molecule has 0 saturated heterocycles. The molecule has 0 aliphatic heterocycles. The van der Waals surface area contributed by atoms with E-state index in [1.54, 1.807) is 0 Å². The first-order valence-corrected chi connectivity index (χ1v) is 11.2. The SMILES string of the molecule is COC(=O)C(C[C@H](NC(c1ccccc1)(c1ccccc1)c1ccccc1)C(=O)OC)C(=O)OC. The lowest BCUT2D eigenvalue weighted by Gasteiger charge is -2.39. The maximum Gasteiger partial charge on any atom is 0.322 e. The zero-order valence-corrected chi connectivity index (χ0v) is 20.0. The van der Waals surface area contributed by atoms with Gasteiger partial charge in [-0.2, -0.15) is 0 Å². The van der Waals surface area contributed by atoms with Crippen molar-refractivity contribution in [2.75, 3.05) is 21.3 Å². The highest BCUT2D eigenvalue weighted by molar-refractivity contribution is 5.95. The van der Waals surface area contributed by atoms with E-state index in [1.165, 1.54) is 21.3 Å². The molecule has 0 aromatic heterocycles. The molecule has 0 aliphatic carbocycles. The highest BCUT2D eigenvalue weighted by atomic mass is 16.5. The number of ether oxygens (including phenoxy) is 3. The van der Waals surface area contributed by atoms with Crippen LogP contribution in [0.3, 0.4) is 0 Å². The third-order valence-electron chi connectivity index (χ3n) is 5.94. The van der Waals surface area contributed by atoms with Gasteiger partial charge in [-0.15, -0.1) is 0 Å². The van der Waals surface area contributed by atoms with Gasteiger partial charge in [0.2, 0.25) is 0 Å². The molecule has 35 heavy (non-hydrogen) atoms. The molecule has 3 aromatic carbocycles. The molecule has 1 N–H and O–H groups in total. The van der Waals surface area contributed by atoms with Gasteiger partial charge in [0, 0.05) is 0 Å². The van der Waals surface area contributed by atoms with Crippen LogP contribution in [-0.2, 0) is 34.1 Å². The monoisotopic (exact) mass is 475 g/mol. The lowest BCUT2D eigenvalue weighted by Crippen LogP contribution is -2.54. The van der Waals surface area contributed by atoms with Crippen molar-refractivity contribution >= 4 is 17.9 Å². The first-order chi connectivity index (χ1) is 17.0. The Morgan fingerprint density at radius 1 is 0.629 bits per heavy atom. The number of methoxy groups -OCH3 is 3. The van der Waals surface area contributed by atoms with Crippen molar-refractivity contribution in [2.45, 2.75) is 18.0 Å². The largest absolute Gasteiger partial charge is 0.468 e. The molecule has 0 radical (unpaired) electrons. The van der Waals surface area contributed by atoms with Crippen LogP contribution in [0.5, 0.6) is 0 Å². The van der Waals surface area contributed by atoms with E-state index in [0.29, 0.717) is 0 Å². The first kappa shape index (κ1) is 25.6. The summed E-state index contributed by atoms with van der Waals surface area (Å²) in [6.07, 6.45) is -0.222. The Morgan fingerprint density at radius 2 is 0.971 bits per heavy atom. The fourth-order valence-corrected chi connectivity index (χ4v) is 4.24. The zero-order valence-electron chi connectivity index (χ0n) is 20.0. The van der Waals surface area contributed by atoms with Gasteiger partial charge in [-0.05, 0) is 23.1 Å². The van der Waals surface area contributed by atoms with E-state index < -0.39 is 35.4 Å². The van der Waals surface area contributed by atoms with Gasteiger partial charge in [0.1, 0.15) is 6.04 Å². The number of rotatable bonds is 10. The molecule has 3 rings (SSSR count). The lowest BCUT2D eigenvalue weighted by atomic mass is 9.76. The number of benzene rings is 3. The van der Waals surface area contributed by atoms with Crippen molar-refractivity contribution in [1.29, 1.82) is 0 Å². The van der Waals surface area contributed by atoms with E-state index in [-0.39, 0.29) is 6.42 Å². The van der Waals surface area contributed by atoms with Crippen LogP contribution in [0.1, 0.15) is 23.1 Å². The first-order valence-electron chi connectivity index (χ1n) is 11.2. The van der Waals surface area contributed by atoms with E-state index >= 15 is 0 Å². The third kappa shape index (κ3) is 5.58. The maximum atomic E-state index is 13.1. The van der Waals surface area contributed by atoms with Gasteiger partial charge >= 0.3 is 17.9 Å². The predicted molar refractivity (Wildman–Crippen MR) is 130 cm³/mol. The van der Waals surface area contributed by atoms with E-state index in [0.717, 1.165) is 16.7 Å². The number of hydrogen-bond donors (Lipinski definition) is 1. The van der Waals surface area contributed by atoms with Gasteiger partial charge in [0.05, 0.1) is 26.9 Å². The maximum absolute atomic E-state index is 13.1. The molecular weight excluding hydrogens is 446 g/mol. The van der Waals surface area contributed by atoms with Gasteiger partial charge < -0.3 is 14.2 Å². The van der Waals surface area contributed by atoms with E-state index in [4.69, 9.17) is 14.2 Å². The van der Waals surface area contributed by atoms with Crippen molar-refractivity contribution in [1.82, 2.24) is 5.32 Å². The summed E-state index contributed by atoms with van der Waals surface area (Å²) < 4.78 is 14.7. The molecule has 0 aliphatic rings. The minimum atomic E-state index is -1.32. The Kier molecular flexibility index (Phi) is 8.75. The summed E-state index contributed by atoms with van der Waals surface area (Å²) >= 11 is 0. The van der Waals surface area contributed by atoms with Crippen molar-refractivity contribution < 1.29 is 28.6 Å². The second kappa shape index (κ2) is 11.9. The Labute approximate surface area is 205 Å². The second-order valence-electron chi connectivity index (χ2n) is 7.90. The van der Waals surface area contributed by atoms with Crippen molar-refractivity contribution in [3.63, 3.8) is 0 Å². The number of nitrogens with one attached hydrogen (secondary N) is 1. The average molecular weight is 476 g/mol. The van der Waals surface area contributed by atoms with Gasteiger partial charge in [-0.1, -0.05) is 91.0 Å². The highest BCUT2D eigenvalue weighted by Crippen LogP contribution is 2.38. The van der Waals surface area contributed by atoms with Crippen LogP contribution in [0.4, 0.5) is 0 Å². The van der Waals surface area contributed by atoms with Crippen molar-refractivity contribution in [3.8, 4) is 0 Å². The van der Waals surface area contributed by atoms with Crippen LogP contribution in [0, 0.1) is 5.92 Å². The zero-order chi connectivity index (χ0) is 25.3. The molecule has 7 heteroatoms. The van der Waals surface area contributed by atoms with Gasteiger partial charge in [-0.25, -0.2) is 0 Å². The Morgan fingerprint density at radius 3 is 1.29 bits per heavy atom. The summed E-state index contributed by atoms with van der Waals surface area (Å²) in [6.45, 7) is 0. The number of carbonyl (C=O) groups excluding carboxylic acids is 3. The summed E-state index contributed by atoms with van der Waals surface area (Å²) in [6, 6.07) is 27.9. The summed E-state index contributed by atoms with van der Waals surface area (Å²) in [4.78, 5) is 37.9. The molecule has 0 saturated carbocycles. The molecule has 1 atom stereocenters. The summed E-state index contributed by atoms with van der Waals surface area (Å²) in [5, 5.41) is 3.47. The van der Waals surface area contributed by atoms with E-state index in [9.17, 15) is 14.4 Å². The van der Waals surface area contributed by atoms with Gasteiger partial charge in [0.15, 0.2) is 5.92 Å². The predicted octanol–water partition coefficient (Wildman–Crippen LogP) is 3.46. The van der Waals surface area contributed by atoms with Gasteiger partial charge in [0.25, 0.3) is 0 Å². The van der Waals surface area contributed by atoms with Crippen LogP contribution in [-0.4, -0.2) is 45.3 Å². The fourth-order valence-electron chi connectivity index (χ4n) is 4.24. The number of carbonyl (C=O) groups is 3. The third-order valence-corrected chi connectivity index (χ3v) is 5.94. The van der Waals surface area contributed by atoms with Gasteiger partial charge in [-0.3, -0.25) is 19.7 Å². The van der Waals surface area contributed by atoms with E-state index in [1.807, 2.05) is 91.0 Å². The van der Waals surface area contributed by atoms with Crippen LogP contribution in [0.25, 0.3) is 0 Å². The van der Waals surface area contributed by atoms with Crippen LogP contribution in [0.2, 0.25) is 0 Å². The molecule has 0 spiro atoms. The Balaban J connectivity index is 2.22. The smallest absolute Gasteiger partial charge is 0.322 e. The molecular formula is C28H29NO6. The van der Waals surface area contributed by atoms with Crippen molar-refractivity contribution in [2.24, 2.45) is 5.92 Å². The minimum absolute atomic E-state index is 0.222. The number of hydrogen-bond acceptors (Lipinski definition) is 7. The molecule has 0 unspecified atom stereocenters. The molecule has 0 amide bonds. The van der Waals surface area contributed by atoms with E-state index in [2.05, 4.69) is 5.32 Å².